The molecule has 0 aromatic heterocycles. The molecule has 0 fully saturated rings. The van der Waals surface area contributed by atoms with Gasteiger partial charge >= 0.3 is 0 Å². The van der Waals surface area contributed by atoms with Gasteiger partial charge in [0.05, 0.1) is 5.38 Å². The molecule has 19 heavy (non-hydrogen) atoms. The molecule has 0 radical (unpaired) electrons. The van der Waals surface area contributed by atoms with Crippen LogP contribution in [-0.4, -0.2) is 6.10 Å². The molecule has 3 atom stereocenters. The second kappa shape index (κ2) is 5.36. The zero-order valence-electron chi connectivity index (χ0n) is 12.7. The third-order valence-corrected chi connectivity index (χ3v) is 4.75. The SMILES string of the molecule is CC1Cc2cc(C(Cl)CC(C)C(C)(C)C)ccc2O1. The lowest BCUT2D eigenvalue weighted by atomic mass is 9.79. The predicted octanol–water partition coefficient (Wildman–Crippen LogP) is 5.36. The molecule has 0 bridgehead atoms. The summed E-state index contributed by atoms with van der Waals surface area (Å²) in [6.07, 6.45) is 2.31. The number of fused-ring (bicyclic) bond motifs is 1. The summed E-state index contributed by atoms with van der Waals surface area (Å²) in [5.74, 6) is 1.63. The van der Waals surface area contributed by atoms with Crippen molar-refractivity contribution in [2.24, 2.45) is 11.3 Å². The average molecular weight is 281 g/mol. The first-order valence-corrected chi connectivity index (χ1v) is 7.64. The van der Waals surface area contributed by atoms with Gasteiger partial charge in [-0.1, -0.05) is 39.8 Å². The molecule has 0 aliphatic carbocycles. The molecule has 1 aromatic rings. The van der Waals surface area contributed by atoms with Crippen LogP contribution in [0.15, 0.2) is 18.2 Å². The van der Waals surface area contributed by atoms with Crippen molar-refractivity contribution in [3.63, 3.8) is 0 Å². The molecule has 1 heterocycles. The Kier molecular flexibility index (Phi) is 4.15. The van der Waals surface area contributed by atoms with Crippen LogP contribution in [-0.2, 0) is 6.42 Å². The molecular formula is C17H25ClO. The van der Waals surface area contributed by atoms with E-state index >= 15 is 0 Å². The number of halogens is 1. The first-order valence-electron chi connectivity index (χ1n) is 7.21. The Labute approximate surface area is 122 Å². The van der Waals surface area contributed by atoms with E-state index in [0.717, 1.165) is 18.6 Å². The van der Waals surface area contributed by atoms with Gasteiger partial charge < -0.3 is 4.74 Å². The Balaban J connectivity index is 2.09. The number of rotatable bonds is 3. The predicted molar refractivity (Wildman–Crippen MR) is 82.1 cm³/mol. The van der Waals surface area contributed by atoms with E-state index in [1.54, 1.807) is 0 Å². The highest BCUT2D eigenvalue weighted by atomic mass is 35.5. The number of ether oxygens (including phenoxy) is 1. The van der Waals surface area contributed by atoms with Gasteiger partial charge in [-0.3, -0.25) is 0 Å². The maximum atomic E-state index is 6.60. The highest BCUT2D eigenvalue weighted by Crippen LogP contribution is 2.38. The maximum absolute atomic E-state index is 6.60. The Morgan fingerprint density at radius 3 is 2.68 bits per heavy atom. The largest absolute Gasteiger partial charge is 0.490 e. The van der Waals surface area contributed by atoms with Gasteiger partial charge in [-0.25, -0.2) is 0 Å². The van der Waals surface area contributed by atoms with Crippen LogP contribution in [0.1, 0.15) is 57.5 Å². The topological polar surface area (TPSA) is 9.23 Å². The molecule has 0 saturated carbocycles. The number of benzene rings is 1. The second-order valence-electron chi connectivity index (χ2n) is 6.97. The highest BCUT2D eigenvalue weighted by molar-refractivity contribution is 6.20. The zero-order chi connectivity index (χ0) is 14.2. The third kappa shape index (κ3) is 3.45. The third-order valence-electron chi connectivity index (χ3n) is 4.32. The first kappa shape index (κ1) is 14.7. The summed E-state index contributed by atoms with van der Waals surface area (Å²) < 4.78 is 5.73. The van der Waals surface area contributed by atoms with Gasteiger partial charge in [-0.15, -0.1) is 11.6 Å². The lowest BCUT2D eigenvalue weighted by Crippen LogP contribution is -2.18. The molecule has 1 aliphatic heterocycles. The summed E-state index contributed by atoms with van der Waals surface area (Å²) in [6.45, 7) is 11.2. The van der Waals surface area contributed by atoms with Crippen molar-refractivity contribution in [2.75, 3.05) is 0 Å². The fourth-order valence-electron chi connectivity index (χ4n) is 2.44. The first-order chi connectivity index (χ1) is 8.77. The fourth-order valence-corrected chi connectivity index (χ4v) is 2.84. The van der Waals surface area contributed by atoms with Crippen LogP contribution >= 0.6 is 11.6 Å². The van der Waals surface area contributed by atoms with Crippen molar-refractivity contribution in [3.8, 4) is 5.75 Å². The van der Waals surface area contributed by atoms with Crippen LogP contribution in [0, 0.1) is 11.3 Å². The Morgan fingerprint density at radius 2 is 2.05 bits per heavy atom. The van der Waals surface area contributed by atoms with Crippen LogP contribution in [0.2, 0.25) is 0 Å². The van der Waals surface area contributed by atoms with Crippen molar-refractivity contribution >= 4 is 11.6 Å². The molecule has 1 aromatic carbocycles. The van der Waals surface area contributed by atoms with Crippen molar-refractivity contribution in [1.82, 2.24) is 0 Å². The molecular weight excluding hydrogens is 256 g/mol. The molecule has 1 aliphatic rings. The van der Waals surface area contributed by atoms with Crippen molar-refractivity contribution < 1.29 is 4.74 Å². The van der Waals surface area contributed by atoms with E-state index in [-0.39, 0.29) is 5.38 Å². The Morgan fingerprint density at radius 1 is 1.37 bits per heavy atom. The van der Waals surface area contributed by atoms with Gasteiger partial charge in [0, 0.05) is 6.42 Å². The standard InChI is InChI=1S/C17H25ClO/c1-11(17(3,4)5)8-15(18)13-6-7-16-14(10-13)9-12(2)19-16/h6-7,10-12,15H,8-9H2,1-5H3. The van der Waals surface area contributed by atoms with Crippen LogP contribution < -0.4 is 4.74 Å². The van der Waals surface area contributed by atoms with Gasteiger partial charge in [-0.05, 0) is 41.9 Å². The quantitative estimate of drug-likeness (QED) is 0.677. The van der Waals surface area contributed by atoms with E-state index in [1.807, 2.05) is 0 Å². The van der Waals surface area contributed by atoms with E-state index in [9.17, 15) is 0 Å². The minimum atomic E-state index is 0.0930. The summed E-state index contributed by atoms with van der Waals surface area (Å²) >= 11 is 6.60. The number of alkyl halides is 1. The van der Waals surface area contributed by atoms with Gasteiger partial charge in [0.25, 0.3) is 0 Å². The lowest BCUT2D eigenvalue weighted by molar-refractivity contribution is 0.245. The molecule has 3 unspecified atom stereocenters. The minimum Gasteiger partial charge on any atom is -0.490 e. The van der Waals surface area contributed by atoms with E-state index in [0.29, 0.717) is 17.4 Å². The zero-order valence-corrected chi connectivity index (χ0v) is 13.4. The fraction of sp³-hybridized carbons (Fsp3) is 0.647. The van der Waals surface area contributed by atoms with Crippen molar-refractivity contribution in [2.45, 2.75) is 58.9 Å². The molecule has 0 spiro atoms. The van der Waals surface area contributed by atoms with E-state index < -0.39 is 0 Å². The minimum absolute atomic E-state index is 0.0930. The van der Waals surface area contributed by atoms with E-state index in [2.05, 4.69) is 52.8 Å². The van der Waals surface area contributed by atoms with Gasteiger partial charge in [-0.2, -0.15) is 0 Å². The molecule has 2 rings (SSSR count). The van der Waals surface area contributed by atoms with E-state index in [1.165, 1.54) is 11.1 Å². The molecule has 0 saturated heterocycles. The Hall–Kier alpha value is -0.690. The monoisotopic (exact) mass is 280 g/mol. The second-order valence-corrected chi connectivity index (χ2v) is 7.50. The van der Waals surface area contributed by atoms with Gasteiger partial charge in [0.1, 0.15) is 11.9 Å². The normalized spacial score (nSPS) is 21.7. The van der Waals surface area contributed by atoms with Crippen LogP contribution in [0.3, 0.4) is 0 Å². The number of hydrogen-bond acceptors (Lipinski definition) is 1. The summed E-state index contributed by atoms with van der Waals surface area (Å²) in [4.78, 5) is 0. The number of hydrogen-bond donors (Lipinski definition) is 0. The smallest absolute Gasteiger partial charge is 0.123 e. The summed E-state index contributed by atoms with van der Waals surface area (Å²) in [7, 11) is 0. The van der Waals surface area contributed by atoms with Gasteiger partial charge in [0.2, 0.25) is 0 Å². The van der Waals surface area contributed by atoms with Crippen molar-refractivity contribution in [1.29, 1.82) is 0 Å². The van der Waals surface area contributed by atoms with Crippen molar-refractivity contribution in [3.05, 3.63) is 29.3 Å². The molecule has 106 valence electrons. The summed E-state index contributed by atoms with van der Waals surface area (Å²) in [5, 5.41) is 0.0930. The van der Waals surface area contributed by atoms with Crippen LogP contribution in [0.25, 0.3) is 0 Å². The average Bonchev–Trinajstić information content (AvgIpc) is 2.66. The van der Waals surface area contributed by atoms with Gasteiger partial charge in [0.15, 0.2) is 0 Å². The highest BCUT2D eigenvalue weighted by Gasteiger charge is 2.25. The molecule has 1 nitrogen and oxygen atoms in total. The maximum Gasteiger partial charge on any atom is 0.123 e. The summed E-state index contributed by atoms with van der Waals surface area (Å²) in [5.41, 5.74) is 2.84. The molecule has 0 N–H and O–H groups in total. The molecule has 2 heteroatoms. The van der Waals surface area contributed by atoms with Crippen LogP contribution in [0.5, 0.6) is 5.75 Å². The van der Waals surface area contributed by atoms with E-state index in [4.69, 9.17) is 16.3 Å². The summed E-state index contributed by atoms with van der Waals surface area (Å²) in [6, 6.07) is 6.42. The Bertz CT molecular complexity index is 447. The van der Waals surface area contributed by atoms with Crippen LogP contribution in [0.4, 0.5) is 0 Å². The lowest BCUT2D eigenvalue weighted by Gasteiger charge is -2.29. The molecule has 0 amide bonds.